The summed E-state index contributed by atoms with van der Waals surface area (Å²) in [5.74, 6) is -0.223. The van der Waals surface area contributed by atoms with Crippen molar-refractivity contribution in [3.63, 3.8) is 0 Å². The predicted octanol–water partition coefficient (Wildman–Crippen LogP) is 2.22. The van der Waals surface area contributed by atoms with Gasteiger partial charge in [-0.05, 0) is 24.8 Å². The second-order valence-electron chi connectivity index (χ2n) is 6.72. The molecule has 25 heavy (non-hydrogen) atoms. The Kier molecular flexibility index (Phi) is 8.42. The summed E-state index contributed by atoms with van der Waals surface area (Å²) in [6, 6.07) is 10.7. The molecule has 0 aliphatic carbocycles. The Labute approximate surface area is 149 Å². The zero-order valence-electron chi connectivity index (χ0n) is 14.7. The molecular weight excluding hydrogens is 318 g/mol. The molecule has 1 saturated heterocycles. The second kappa shape index (κ2) is 10.8. The second-order valence-corrected chi connectivity index (χ2v) is 6.72. The van der Waals surface area contributed by atoms with Gasteiger partial charge >= 0.3 is 0 Å². The van der Waals surface area contributed by atoms with Crippen LogP contribution >= 0.6 is 0 Å². The van der Waals surface area contributed by atoms with E-state index in [-0.39, 0.29) is 17.9 Å². The maximum Gasteiger partial charge on any atom is 0.243 e. The van der Waals surface area contributed by atoms with Gasteiger partial charge in [-0.1, -0.05) is 43.2 Å². The highest BCUT2D eigenvalue weighted by Gasteiger charge is 2.23. The van der Waals surface area contributed by atoms with Gasteiger partial charge in [0.2, 0.25) is 11.8 Å². The fourth-order valence-electron chi connectivity index (χ4n) is 3.22. The minimum atomic E-state index is -0.348. The average molecular weight is 347 g/mol. The largest absolute Gasteiger partial charge is 0.352 e. The summed E-state index contributed by atoms with van der Waals surface area (Å²) in [6.45, 7) is 2.87. The van der Waals surface area contributed by atoms with Crippen LogP contribution in [0.4, 0.5) is 0 Å². The Balaban J connectivity index is 1.53. The number of hydrogen-bond donors (Lipinski definition) is 3. The Morgan fingerprint density at radius 3 is 2.40 bits per heavy atom. The predicted molar refractivity (Wildman–Crippen MR) is 95.9 cm³/mol. The Morgan fingerprint density at radius 2 is 1.72 bits per heavy atom. The van der Waals surface area contributed by atoms with Crippen LogP contribution in [0.1, 0.15) is 50.5 Å². The number of carbonyl (C=O) groups excluding carboxylic acids is 2. The van der Waals surface area contributed by atoms with E-state index in [4.69, 9.17) is 5.21 Å². The number of nitrogens with one attached hydrogen (secondary N) is 2. The Morgan fingerprint density at radius 1 is 1.04 bits per heavy atom. The fraction of sp³-hybridized carbons (Fsp3) is 0.579. The van der Waals surface area contributed by atoms with Gasteiger partial charge in [0.05, 0.1) is 0 Å². The van der Waals surface area contributed by atoms with Gasteiger partial charge in [-0.2, -0.15) is 0 Å². The standard InChI is InChI=1S/C19H29N3O3/c23-18(10-6-1-2-7-11-19(24)21-25)20-17-12-13-22(15-17)14-16-8-4-3-5-9-16/h3-5,8-9,17,25H,1-2,6-7,10-15H2,(H,20,23)(H,21,24)/t17-/m0/s1. The molecule has 1 aromatic rings. The van der Waals surface area contributed by atoms with Gasteiger partial charge in [0, 0.05) is 38.5 Å². The van der Waals surface area contributed by atoms with Crippen molar-refractivity contribution in [1.29, 1.82) is 0 Å². The molecule has 1 atom stereocenters. The van der Waals surface area contributed by atoms with Crippen LogP contribution in [-0.2, 0) is 16.1 Å². The maximum absolute atomic E-state index is 12.0. The first-order valence-electron chi connectivity index (χ1n) is 9.16. The number of hydroxylamine groups is 1. The molecule has 138 valence electrons. The van der Waals surface area contributed by atoms with E-state index in [1.807, 2.05) is 6.07 Å². The quantitative estimate of drug-likeness (QED) is 0.344. The van der Waals surface area contributed by atoms with E-state index in [0.717, 1.165) is 51.7 Å². The molecule has 0 spiro atoms. The van der Waals surface area contributed by atoms with E-state index in [2.05, 4.69) is 34.5 Å². The third kappa shape index (κ3) is 7.67. The first kappa shape index (κ1) is 19.4. The normalized spacial score (nSPS) is 17.4. The molecule has 0 bridgehead atoms. The smallest absolute Gasteiger partial charge is 0.243 e. The monoisotopic (exact) mass is 347 g/mol. The van der Waals surface area contributed by atoms with Crippen molar-refractivity contribution in [3.8, 4) is 0 Å². The lowest BCUT2D eigenvalue weighted by atomic mass is 10.1. The van der Waals surface area contributed by atoms with Crippen molar-refractivity contribution in [2.24, 2.45) is 0 Å². The number of unbranched alkanes of at least 4 members (excludes halogenated alkanes) is 3. The fourth-order valence-corrected chi connectivity index (χ4v) is 3.22. The zero-order chi connectivity index (χ0) is 17.9. The van der Waals surface area contributed by atoms with Crippen LogP contribution in [0.25, 0.3) is 0 Å². The molecule has 1 heterocycles. The number of hydrogen-bond acceptors (Lipinski definition) is 4. The lowest BCUT2D eigenvalue weighted by Gasteiger charge is -2.16. The first-order chi connectivity index (χ1) is 12.2. The van der Waals surface area contributed by atoms with E-state index >= 15 is 0 Å². The third-order valence-corrected chi connectivity index (χ3v) is 4.57. The molecule has 0 aromatic heterocycles. The summed E-state index contributed by atoms with van der Waals surface area (Å²) in [4.78, 5) is 25.3. The molecule has 3 N–H and O–H groups in total. The lowest BCUT2D eigenvalue weighted by Crippen LogP contribution is -2.36. The number of carbonyl (C=O) groups is 2. The topological polar surface area (TPSA) is 81.7 Å². The first-order valence-corrected chi connectivity index (χ1v) is 9.16. The van der Waals surface area contributed by atoms with Gasteiger partial charge < -0.3 is 5.32 Å². The van der Waals surface area contributed by atoms with E-state index < -0.39 is 0 Å². The maximum atomic E-state index is 12.0. The van der Waals surface area contributed by atoms with Crippen LogP contribution in [-0.4, -0.2) is 41.1 Å². The molecule has 6 heteroatoms. The molecular formula is C19H29N3O3. The van der Waals surface area contributed by atoms with E-state index in [0.29, 0.717) is 12.8 Å². The van der Waals surface area contributed by atoms with E-state index in [1.54, 1.807) is 5.48 Å². The SMILES string of the molecule is O=C(CCCCCCC(=O)N[C@H]1CCN(Cc2ccccc2)C1)NO. The van der Waals surface area contributed by atoms with Gasteiger partial charge in [-0.25, -0.2) is 5.48 Å². The van der Waals surface area contributed by atoms with Crippen molar-refractivity contribution in [2.75, 3.05) is 13.1 Å². The van der Waals surface area contributed by atoms with Gasteiger partial charge in [0.15, 0.2) is 0 Å². The van der Waals surface area contributed by atoms with Crippen LogP contribution in [0, 0.1) is 0 Å². The van der Waals surface area contributed by atoms with Crippen molar-refractivity contribution in [2.45, 2.75) is 57.5 Å². The van der Waals surface area contributed by atoms with Crippen molar-refractivity contribution < 1.29 is 14.8 Å². The molecule has 0 radical (unpaired) electrons. The van der Waals surface area contributed by atoms with Crippen molar-refractivity contribution >= 4 is 11.8 Å². The third-order valence-electron chi connectivity index (χ3n) is 4.57. The number of rotatable bonds is 10. The number of amides is 2. The summed E-state index contributed by atoms with van der Waals surface area (Å²) in [7, 11) is 0. The summed E-state index contributed by atoms with van der Waals surface area (Å²) in [5, 5.41) is 11.5. The average Bonchev–Trinajstić information content (AvgIpc) is 3.05. The molecule has 1 aliphatic heterocycles. The van der Waals surface area contributed by atoms with Crippen molar-refractivity contribution in [1.82, 2.24) is 15.7 Å². The highest BCUT2D eigenvalue weighted by Crippen LogP contribution is 2.14. The van der Waals surface area contributed by atoms with Crippen LogP contribution in [0.2, 0.25) is 0 Å². The van der Waals surface area contributed by atoms with Crippen molar-refractivity contribution in [3.05, 3.63) is 35.9 Å². The minimum absolute atomic E-state index is 0.125. The summed E-state index contributed by atoms with van der Waals surface area (Å²) in [6.07, 6.45) is 5.29. The van der Waals surface area contributed by atoms with Crippen LogP contribution in [0.15, 0.2) is 30.3 Å². The summed E-state index contributed by atoms with van der Waals surface area (Å²) < 4.78 is 0. The van der Waals surface area contributed by atoms with Crippen LogP contribution in [0.3, 0.4) is 0 Å². The molecule has 6 nitrogen and oxygen atoms in total. The lowest BCUT2D eigenvalue weighted by molar-refractivity contribution is -0.129. The molecule has 0 saturated carbocycles. The molecule has 1 aliphatic rings. The molecule has 1 aromatic carbocycles. The minimum Gasteiger partial charge on any atom is -0.352 e. The summed E-state index contributed by atoms with van der Waals surface area (Å²) >= 11 is 0. The van der Waals surface area contributed by atoms with Gasteiger partial charge in [0.25, 0.3) is 0 Å². The number of likely N-dealkylation sites (tertiary alicyclic amines) is 1. The molecule has 2 rings (SSSR count). The number of benzene rings is 1. The van der Waals surface area contributed by atoms with E-state index in [1.165, 1.54) is 5.56 Å². The van der Waals surface area contributed by atoms with Gasteiger partial charge in [-0.15, -0.1) is 0 Å². The zero-order valence-corrected chi connectivity index (χ0v) is 14.7. The van der Waals surface area contributed by atoms with Gasteiger partial charge in [0.1, 0.15) is 0 Å². The molecule has 2 amide bonds. The Hall–Kier alpha value is -1.92. The molecule has 1 fully saturated rings. The highest BCUT2D eigenvalue weighted by atomic mass is 16.5. The summed E-state index contributed by atoms with van der Waals surface area (Å²) in [5.41, 5.74) is 2.94. The number of nitrogens with zero attached hydrogens (tertiary/aromatic N) is 1. The highest BCUT2D eigenvalue weighted by molar-refractivity contribution is 5.76. The Bertz CT molecular complexity index is 536. The van der Waals surface area contributed by atoms with Crippen LogP contribution in [0.5, 0.6) is 0 Å². The van der Waals surface area contributed by atoms with Crippen LogP contribution < -0.4 is 10.8 Å². The van der Waals surface area contributed by atoms with Gasteiger partial charge in [-0.3, -0.25) is 19.7 Å². The molecule has 0 unspecified atom stereocenters. The van der Waals surface area contributed by atoms with E-state index in [9.17, 15) is 9.59 Å².